The Kier molecular flexibility index (Phi) is 5.65. The monoisotopic (exact) mass is 420 g/mol. The zero-order valence-corrected chi connectivity index (χ0v) is 16.3. The van der Waals surface area contributed by atoms with E-state index in [0.29, 0.717) is 34.8 Å². The molecule has 0 saturated carbocycles. The molecular formula is C21H19F3N2O2S. The van der Waals surface area contributed by atoms with Crippen LogP contribution >= 0.6 is 11.8 Å². The molecule has 1 atom stereocenters. The molecule has 0 bridgehead atoms. The SMILES string of the molecule is O=c1c2ccccc2nc(SCc2cccc(C(F)(F)F)c2)n1C[C@@H]1CCCO1. The van der Waals surface area contributed by atoms with Crippen molar-refractivity contribution in [2.75, 3.05) is 6.61 Å². The van der Waals surface area contributed by atoms with Crippen LogP contribution in [0.2, 0.25) is 0 Å². The van der Waals surface area contributed by atoms with Crippen LogP contribution < -0.4 is 5.56 Å². The molecule has 1 aromatic heterocycles. The molecule has 2 heterocycles. The molecule has 0 amide bonds. The number of rotatable bonds is 5. The van der Waals surface area contributed by atoms with E-state index in [0.717, 1.165) is 25.0 Å². The quantitative estimate of drug-likeness (QED) is 0.436. The van der Waals surface area contributed by atoms with Crippen LogP contribution in [0.15, 0.2) is 58.5 Å². The number of ether oxygens (including phenoxy) is 1. The maximum Gasteiger partial charge on any atom is 0.416 e. The minimum absolute atomic E-state index is 0.0523. The molecule has 8 heteroatoms. The molecule has 0 radical (unpaired) electrons. The fraction of sp³-hybridized carbons (Fsp3) is 0.333. The first-order valence-corrected chi connectivity index (χ1v) is 10.3. The average Bonchev–Trinajstić information content (AvgIpc) is 3.22. The lowest BCUT2D eigenvalue weighted by Gasteiger charge is -2.16. The van der Waals surface area contributed by atoms with Gasteiger partial charge in [-0.3, -0.25) is 9.36 Å². The Labute approximate surface area is 169 Å². The van der Waals surface area contributed by atoms with Gasteiger partial charge >= 0.3 is 6.18 Å². The second-order valence-electron chi connectivity index (χ2n) is 6.95. The van der Waals surface area contributed by atoms with Crippen LogP contribution in [-0.4, -0.2) is 22.3 Å². The molecular weight excluding hydrogens is 401 g/mol. The Morgan fingerprint density at radius 3 is 2.76 bits per heavy atom. The summed E-state index contributed by atoms with van der Waals surface area (Å²) in [6.07, 6.45) is -2.61. The molecule has 0 unspecified atom stereocenters. The molecule has 4 rings (SSSR count). The number of thioether (sulfide) groups is 1. The number of benzene rings is 2. The number of alkyl halides is 3. The molecule has 2 aromatic carbocycles. The Bertz CT molecular complexity index is 1080. The van der Waals surface area contributed by atoms with Crippen molar-refractivity contribution in [2.45, 2.75) is 42.6 Å². The van der Waals surface area contributed by atoms with Crippen LogP contribution in [0, 0.1) is 0 Å². The highest BCUT2D eigenvalue weighted by Gasteiger charge is 2.30. The van der Waals surface area contributed by atoms with E-state index in [-0.39, 0.29) is 17.4 Å². The first-order valence-electron chi connectivity index (χ1n) is 9.32. The largest absolute Gasteiger partial charge is 0.416 e. The maximum absolute atomic E-state index is 13.0. The molecule has 3 aromatic rings. The van der Waals surface area contributed by atoms with Gasteiger partial charge in [0.2, 0.25) is 0 Å². The summed E-state index contributed by atoms with van der Waals surface area (Å²) in [6.45, 7) is 1.06. The fourth-order valence-corrected chi connectivity index (χ4v) is 4.35. The lowest BCUT2D eigenvalue weighted by Crippen LogP contribution is -2.28. The van der Waals surface area contributed by atoms with Gasteiger partial charge in [0, 0.05) is 12.4 Å². The second-order valence-corrected chi connectivity index (χ2v) is 7.89. The van der Waals surface area contributed by atoms with Gasteiger partial charge in [0.1, 0.15) is 0 Å². The summed E-state index contributed by atoms with van der Waals surface area (Å²) in [4.78, 5) is 17.7. The first-order chi connectivity index (χ1) is 13.9. The van der Waals surface area contributed by atoms with Gasteiger partial charge < -0.3 is 4.74 Å². The van der Waals surface area contributed by atoms with E-state index >= 15 is 0 Å². The van der Waals surface area contributed by atoms with Crippen molar-refractivity contribution in [3.8, 4) is 0 Å². The molecule has 1 aliphatic rings. The number of halogens is 3. The van der Waals surface area contributed by atoms with Gasteiger partial charge in [-0.05, 0) is 36.6 Å². The molecule has 29 heavy (non-hydrogen) atoms. The summed E-state index contributed by atoms with van der Waals surface area (Å²) in [7, 11) is 0. The van der Waals surface area contributed by atoms with Crippen molar-refractivity contribution in [1.82, 2.24) is 9.55 Å². The zero-order chi connectivity index (χ0) is 20.4. The predicted molar refractivity (Wildman–Crippen MR) is 106 cm³/mol. The number of aromatic nitrogens is 2. The predicted octanol–water partition coefficient (Wildman–Crippen LogP) is 4.89. The Morgan fingerprint density at radius 2 is 2.00 bits per heavy atom. The van der Waals surface area contributed by atoms with Crippen LogP contribution in [0.3, 0.4) is 0 Å². The molecule has 0 spiro atoms. The third-order valence-corrected chi connectivity index (χ3v) is 5.91. The molecule has 1 fully saturated rings. The van der Waals surface area contributed by atoms with Gasteiger partial charge in [-0.1, -0.05) is 42.1 Å². The van der Waals surface area contributed by atoms with E-state index < -0.39 is 11.7 Å². The Morgan fingerprint density at radius 1 is 1.17 bits per heavy atom. The summed E-state index contributed by atoms with van der Waals surface area (Å²) >= 11 is 1.26. The topological polar surface area (TPSA) is 44.1 Å². The van der Waals surface area contributed by atoms with Crippen LogP contribution in [0.5, 0.6) is 0 Å². The Hall–Kier alpha value is -2.32. The van der Waals surface area contributed by atoms with Gasteiger partial charge in [0.05, 0.1) is 29.1 Å². The third-order valence-electron chi connectivity index (χ3n) is 4.86. The third kappa shape index (κ3) is 4.48. The standard InChI is InChI=1S/C21H19F3N2O2S/c22-21(23,24)15-6-3-5-14(11-15)13-29-20-25-18-9-2-1-8-17(18)19(27)26(20)12-16-7-4-10-28-16/h1-3,5-6,8-9,11,16H,4,7,10,12-13H2/t16-/m0/s1. The van der Waals surface area contributed by atoms with E-state index in [2.05, 4.69) is 4.98 Å². The molecule has 4 nitrogen and oxygen atoms in total. The summed E-state index contributed by atoms with van der Waals surface area (Å²) in [6, 6.07) is 12.3. The second kappa shape index (κ2) is 8.20. The first kappa shape index (κ1) is 20.0. The van der Waals surface area contributed by atoms with Gasteiger partial charge in [0.15, 0.2) is 5.16 Å². The van der Waals surface area contributed by atoms with E-state index in [1.807, 2.05) is 0 Å². The van der Waals surface area contributed by atoms with Crippen LogP contribution in [0.4, 0.5) is 13.2 Å². The van der Waals surface area contributed by atoms with E-state index in [1.165, 1.54) is 17.8 Å². The van der Waals surface area contributed by atoms with Crippen molar-refractivity contribution in [3.63, 3.8) is 0 Å². The van der Waals surface area contributed by atoms with Gasteiger partial charge in [0.25, 0.3) is 5.56 Å². The number of para-hydroxylation sites is 1. The minimum atomic E-state index is -4.39. The molecule has 0 N–H and O–H groups in total. The normalized spacial score (nSPS) is 17.1. The summed E-state index contributed by atoms with van der Waals surface area (Å²) in [5.41, 5.74) is 0.264. The van der Waals surface area contributed by atoms with Crippen molar-refractivity contribution >= 4 is 22.7 Å². The average molecular weight is 420 g/mol. The van der Waals surface area contributed by atoms with Crippen LogP contribution in [0.1, 0.15) is 24.0 Å². The van der Waals surface area contributed by atoms with Gasteiger partial charge in [-0.2, -0.15) is 13.2 Å². The van der Waals surface area contributed by atoms with E-state index in [1.54, 1.807) is 34.9 Å². The van der Waals surface area contributed by atoms with Crippen LogP contribution in [0.25, 0.3) is 10.9 Å². The highest BCUT2D eigenvalue weighted by atomic mass is 32.2. The number of hydrogen-bond acceptors (Lipinski definition) is 4. The molecule has 152 valence electrons. The van der Waals surface area contributed by atoms with Crippen molar-refractivity contribution in [2.24, 2.45) is 0 Å². The highest BCUT2D eigenvalue weighted by molar-refractivity contribution is 7.98. The lowest BCUT2D eigenvalue weighted by molar-refractivity contribution is -0.137. The fourth-order valence-electron chi connectivity index (χ4n) is 3.40. The van der Waals surface area contributed by atoms with Gasteiger partial charge in [-0.15, -0.1) is 0 Å². The summed E-state index contributed by atoms with van der Waals surface area (Å²) in [5.74, 6) is 0.278. The van der Waals surface area contributed by atoms with Crippen molar-refractivity contribution in [1.29, 1.82) is 0 Å². The van der Waals surface area contributed by atoms with Gasteiger partial charge in [-0.25, -0.2) is 4.98 Å². The number of hydrogen-bond donors (Lipinski definition) is 0. The number of fused-ring (bicyclic) bond motifs is 1. The van der Waals surface area contributed by atoms with E-state index in [9.17, 15) is 18.0 Å². The molecule has 1 aliphatic heterocycles. The number of nitrogens with zero attached hydrogens (tertiary/aromatic N) is 2. The smallest absolute Gasteiger partial charge is 0.376 e. The molecule has 0 aliphatic carbocycles. The maximum atomic E-state index is 13.0. The lowest BCUT2D eigenvalue weighted by atomic mass is 10.1. The van der Waals surface area contributed by atoms with Crippen LogP contribution in [-0.2, 0) is 23.2 Å². The highest BCUT2D eigenvalue weighted by Crippen LogP contribution is 2.31. The minimum Gasteiger partial charge on any atom is -0.376 e. The Balaban J connectivity index is 1.66. The summed E-state index contributed by atoms with van der Waals surface area (Å²) < 4.78 is 46.2. The summed E-state index contributed by atoms with van der Waals surface area (Å²) in [5, 5.41) is 1.01. The molecule has 1 saturated heterocycles. The van der Waals surface area contributed by atoms with Crippen molar-refractivity contribution < 1.29 is 17.9 Å². The zero-order valence-electron chi connectivity index (χ0n) is 15.5. The van der Waals surface area contributed by atoms with E-state index in [4.69, 9.17) is 4.74 Å². The van der Waals surface area contributed by atoms with Crippen molar-refractivity contribution in [3.05, 3.63) is 70.0 Å².